The van der Waals surface area contributed by atoms with Crippen molar-refractivity contribution in [1.29, 1.82) is 0 Å². The van der Waals surface area contributed by atoms with Crippen LogP contribution in [0.15, 0.2) is 23.1 Å². The van der Waals surface area contributed by atoms with E-state index in [0.29, 0.717) is 10.8 Å². The van der Waals surface area contributed by atoms with Gasteiger partial charge in [0.05, 0.1) is 4.90 Å². The lowest BCUT2D eigenvalue weighted by atomic mass is 10.0. The lowest BCUT2D eigenvalue weighted by molar-refractivity contribution is 0.337. The van der Waals surface area contributed by atoms with Crippen LogP contribution in [0.2, 0.25) is 0 Å². The number of benzene rings is 1. The van der Waals surface area contributed by atoms with Crippen LogP contribution in [0.5, 0.6) is 0 Å². The van der Waals surface area contributed by atoms with Gasteiger partial charge in [0, 0.05) is 25.3 Å². The molecule has 1 atom stereocenters. The lowest BCUT2D eigenvalue weighted by Crippen LogP contribution is -2.36. The first kappa shape index (κ1) is 16.3. The van der Waals surface area contributed by atoms with Crippen molar-refractivity contribution < 1.29 is 8.42 Å². The first-order chi connectivity index (χ1) is 9.84. The average molecular weight is 310 g/mol. The van der Waals surface area contributed by atoms with Crippen LogP contribution in [-0.4, -0.2) is 32.4 Å². The number of fused-ring (bicyclic) bond motifs is 1. The minimum absolute atomic E-state index is 0.00223. The Labute approximate surface area is 128 Å². The Hall–Kier alpha value is -1.07. The Bertz CT molecular complexity index is 596. The van der Waals surface area contributed by atoms with E-state index in [1.807, 2.05) is 19.1 Å². The van der Waals surface area contributed by atoms with Gasteiger partial charge in [0.1, 0.15) is 0 Å². The molecule has 0 aromatic heterocycles. The third-order valence-corrected chi connectivity index (χ3v) is 6.20. The maximum absolute atomic E-state index is 12.9. The van der Waals surface area contributed by atoms with Crippen LogP contribution >= 0.6 is 0 Å². The molecule has 0 spiro atoms. The van der Waals surface area contributed by atoms with Gasteiger partial charge in [-0.3, -0.25) is 0 Å². The summed E-state index contributed by atoms with van der Waals surface area (Å²) in [7, 11) is -1.74. The highest BCUT2D eigenvalue weighted by Gasteiger charge is 2.29. The van der Waals surface area contributed by atoms with Crippen LogP contribution in [0.25, 0.3) is 0 Å². The molecule has 1 N–H and O–H groups in total. The molecular weight excluding hydrogens is 284 g/mol. The molecule has 0 fully saturated rings. The SMILES string of the molecule is CC(C)CC(C)N(C)S(=O)(=O)c1cccc2c1CCCN2. The summed E-state index contributed by atoms with van der Waals surface area (Å²) in [6.07, 6.45) is 2.66. The number of sulfonamides is 1. The van der Waals surface area contributed by atoms with Crippen molar-refractivity contribution >= 4 is 15.7 Å². The van der Waals surface area contributed by atoms with Gasteiger partial charge in [-0.15, -0.1) is 0 Å². The molecule has 0 saturated carbocycles. The van der Waals surface area contributed by atoms with Gasteiger partial charge < -0.3 is 5.32 Å². The average Bonchev–Trinajstić information content (AvgIpc) is 2.45. The fraction of sp³-hybridized carbons (Fsp3) is 0.625. The van der Waals surface area contributed by atoms with Crippen molar-refractivity contribution in [3.8, 4) is 0 Å². The fourth-order valence-electron chi connectivity index (χ4n) is 2.94. The first-order valence-corrected chi connectivity index (χ1v) is 9.12. The summed E-state index contributed by atoms with van der Waals surface area (Å²) in [5.41, 5.74) is 1.90. The highest BCUT2D eigenvalue weighted by atomic mass is 32.2. The topological polar surface area (TPSA) is 49.4 Å². The number of hydrogen-bond acceptors (Lipinski definition) is 3. The zero-order valence-electron chi connectivity index (χ0n) is 13.4. The molecule has 0 bridgehead atoms. The van der Waals surface area contributed by atoms with Crippen LogP contribution in [0.4, 0.5) is 5.69 Å². The van der Waals surface area contributed by atoms with E-state index in [0.717, 1.165) is 37.1 Å². The largest absolute Gasteiger partial charge is 0.385 e. The zero-order chi connectivity index (χ0) is 15.6. The highest BCUT2D eigenvalue weighted by Crippen LogP contribution is 2.31. The predicted octanol–water partition coefficient (Wildman–Crippen LogP) is 3.10. The maximum atomic E-state index is 12.9. The molecular formula is C16H26N2O2S. The van der Waals surface area contributed by atoms with Gasteiger partial charge in [-0.2, -0.15) is 4.31 Å². The molecule has 1 aliphatic heterocycles. The lowest BCUT2D eigenvalue weighted by Gasteiger charge is -2.28. The zero-order valence-corrected chi connectivity index (χ0v) is 14.2. The summed E-state index contributed by atoms with van der Waals surface area (Å²) < 4.78 is 27.4. The molecule has 118 valence electrons. The van der Waals surface area contributed by atoms with Gasteiger partial charge in [-0.05, 0) is 49.8 Å². The fourth-order valence-corrected chi connectivity index (χ4v) is 4.59. The van der Waals surface area contributed by atoms with Crippen LogP contribution in [0.3, 0.4) is 0 Å². The standard InChI is InChI=1S/C16H26N2O2S/c1-12(2)11-13(3)18(4)21(19,20)16-9-5-8-15-14(16)7-6-10-17-15/h5,8-9,12-13,17H,6-7,10-11H2,1-4H3. The van der Waals surface area contributed by atoms with Gasteiger partial charge in [0.2, 0.25) is 10.0 Å². The third-order valence-electron chi connectivity index (χ3n) is 4.14. The molecule has 21 heavy (non-hydrogen) atoms. The van der Waals surface area contributed by atoms with Gasteiger partial charge >= 0.3 is 0 Å². The predicted molar refractivity (Wildman–Crippen MR) is 87.1 cm³/mol. The molecule has 1 unspecified atom stereocenters. The Morgan fingerprint density at radius 3 is 2.67 bits per heavy atom. The van der Waals surface area contributed by atoms with Gasteiger partial charge in [0.15, 0.2) is 0 Å². The quantitative estimate of drug-likeness (QED) is 0.909. The molecule has 2 rings (SSSR count). The summed E-state index contributed by atoms with van der Waals surface area (Å²) in [6.45, 7) is 7.12. The smallest absolute Gasteiger partial charge is 0.243 e. The van der Waals surface area contributed by atoms with Crippen molar-refractivity contribution in [3.05, 3.63) is 23.8 Å². The van der Waals surface area contributed by atoms with E-state index < -0.39 is 10.0 Å². The van der Waals surface area contributed by atoms with Crippen molar-refractivity contribution in [1.82, 2.24) is 4.31 Å². The van der Waals surface area contributed by atoms with Gasteiger partial charge in [0.25, 0.3) is 0 Å². The van der Waals surface area contributed by atoms with Gasteiger partial charge in [-0.25, -0.2) is 8.42 Å². The number of rotatable bonds is 5. The summed E-state index contributed by atoms with van der Waals surface area (Å²) in [5, 5.41) is 3.29. The van der Waals surface area contributed by atoms with E-state index in [4.69, 9.17) is 0 Å². The number of hydrogen-bond donors (Lipinski definition) is 1. The second-order valence-corrected chi connectivity index (χ2v) is 8.28. The van der Waals surface area contributed by atoms with Crippen LogP contribution in [0.1, 0.15) is 39.2 Å². The maximum Gasteiger partial charge on any atom is 0.243 e. The van der Waals surface area contributed by atoms with E-state index in [-0.39, 0.29) is 6.04 Å². The number of nitrogens with one attached hydrogen (secondary N) is 1. The Morgan fingerprint density at radius 2 is 2.00 bits per heavy atom. The Morgan fingerprint density at radius 1 is 1.29 bits per heavy atom. The number of nitrogens with zero attached hydrogens (tertiary/aromatic N) is 1. The van der Waals surface area contributed by atoms with Crippen molar-refractivity contribution in [3.63, 3.8) is 0 Å². The number of anilines is 1. The van der Waals surface area contributed by atoms with Crippen molar-refractivity contribution in [2.45, 2.75) is 51.0 Å². The van der Waals surface area contributed by atoms with Crippen molar-refractivity contribution in [2.24, 2.45) is 5.92 Å². The van der Waals surface area contributed by atoms with Crippen LogP contribution in [-0.2, 0) is 16.4 Å². The van der Waals surface area contributed by atoms with E-state index >= 15 is 0 Å². The Kier molecular flexibility index (Phi) is 4.94. The molecule has 0 amide bonds. The van der Waals surface area contributed by atoms with E-state index in [1.165, 1.54) is 4.31 Å². The minimum Gasteiger partial charge on any atom is -0.385 e. The first-order valence-electron chi connectivity index (χ1n) is 7.68. The van der Waals surface area contributed by atoms with E-state index in [9.17, 15) is 8.42 Å². The molecule has 1 heterocycles. The summed E-state index contributed by atoms with van der Waals surface area (Å²) in [4.78, 5) is 0.463. The second kappa shape index (κ2) is 6.36. The van der Waals surface area contributed by atoms with E-state index in [2.05, 4.69) is 19.2 Å². The molecule has 0 aliphatic carbocycles. The molecule has 5 heteroatoms. The monoisotopic (exact) mass is 310 g/mol. The normalized spacial score (nSPS) is 16.7. The highest BCUT2D eigenvalue weighted by molar-refractivity contribution is 7.89. The molecule has 4 nitrogen and oxygen atoms in total. The molecule has 0 radical (unpaired) electrons. The minimum atomic E-state index is -3.43. The molecule has 1 aromatic carbocycles. The third kappa shape index (κ3) is 3.40. The second-order valence-electron chi connectivity index (χ2n) is 6.31. The van der Waals surface area contributed by atoms with Crippen LogP contribution in [0, 0.1) is 5.92 Å². The summed E-state index contributed by atoms with van der Waals surface area (Å²) in [5.74, 6) is 0.476. The summed E-state index contributed by atoms with van der Waals surface area (Å²) >= 11 is 0. The molecule has 0 saturated heterocycles. The van der Waals surface area contributed by atoms with E-state index in [1.54, 1.807) is 13.1 Å². The van der Waals surface area contributed by atoms with Crippen molar-refractivity contribution in [2.75, 3.05) is 18.9 Å². The molecule has 1 aliphatic rings. The molecule has 1 aromatic rings. The summed E-state index contributed by atoms with van der Waals surface area (Å²) in [6, 6.07) is 5.53. The van der Waals surface area contributed by atoms with Crippen LogP contribution < -0.4 is 5.32 Å². The van der Waals surface area contributed by atoms with Gasteiger partial charge in [-0.1, -0.05) is 19.9 Å². The Balaban J connectivity index is 2.36.